The largest absolute Gasteiger partial charge is 0.372 e. The topological polar surface area (TPSA) is 27.1 Å². The van der Waals surface area contributed by atoms with Crippen LogP contribution < -0.4 is 4.90 Å². The van der Waals surface area contributed by atoms with E-state index in [0.717, 1.165) is 36.2 Å². The van der Waals surface area contributed by atoms with E-state index in [4.69, 9.17) is 5.41 Å². The average Bonchev–Trinajstić information content (AvgIpc) is 2.73. The van der Waals surface area contributed by atoms with Crippen molar-refractivity contribution in [2.24, 2.45) is 0 Å². The van der Waals surface area contributed by atoms with Crippen LogP contribution in [0.4, 0.5) is 10.1 Å². The molecule has 0 spiro atoms. The second kappa shape index (κ2) is 6.90. The SMILES string of the molecule is N=C1C=CC2=C(c3ccc(F)cc3)c3ccc(N4CCCCC4)cc3CC2=C1. The van der Waals surface area contributed by atoms with Gasteiger partial charge in [0.15, 0.2) is 0 Å². The molecule has 3 aliphatic rings. The van der Waals surface area contributed by atoms with Gasteiger partial charge in [-0.3, -0.25) is 0 Å². The summed E-state index contributed by atoms with van der Waals surface area (Å²) in [5.41, 5.74) is 8.83. The molecule has 3 heteroatoms. The van der Waals surface area contributed by atoms with Crippen LogP contribution in [0.15, 0.2) is 71.8 Å². The van der Waals surface area contributed by atoms with Gasteiger partial charge in [-0.15, -0.1) is 0 Å². The zero-order valence-electron chi connectivity index (χ0n) is 15.8. The molecule has 2 aromatic rings. The average molecular weight is 370 g/mol. The van der Waals surface area contributed by atoms with Crippen LogP contribution in [-0.2, 0) is 6.42 Å². The molecule has 2 aliphatic carbocycles. The van der Waals surface area contributed by atoms with Crippen molar-refractivity contribution in [2.75, 3.05) is 18.0 Å². The predicted molar refractivity (Wildman–Crippen MR) is 114 cm³/mol. The third-order valence-corrected chi connectivity index (χ3v) is 5.97. The van der Waals surface area contributed by atoms with Crippen LogP contribution in [0.5, 0.6) is 0 Å². The molecule has 5 rings (SSSR count). The number of hydrogen-bond donors (Lipinski definition) is 1. The van der Waals surface area contributed by atoms with Crippen LogP contribution in [-0.4, -0.2) is 18.8 Å². The molecule has 1 fully saturated rings. The molecule has 0 unspecified atom stereocenters. The quantitative estimate of drug-likeness (QED) is 0.722. The summed E-state index contributed by atoms with van der Waals surface area (Å²) in [5, 5.41) is 8.05. The van der Waals surface area contributed by atoms with Gasteiger partial charge in [-0.2, -0.15) is 0 Å². The standard InChI is InChI=1S/C25H23FN2/c26-20-6-4-17(5-7-20)25-23-10-8-21(27)15-18(23)14-19-16-22(9-11-24(19)25)28-12-2-1-3-13-28/h4-11,15-16,27H,1-3,12-14H2. The lowest BCUT2D eigenvalue weighted by atomic mass is 9.77. The Balaban J connectivity index is 1.66. The highest BCUT2D eigenvalue weighted by atomic mass is 19.1. The second-order valence-electron chi connectivity index (χ2n) is 7.82. The molecule has 140 valence electrons. The number of nitrogens with one attached hydrogen (secondary N) is 1. The minimum absolute atomic E-state index is 0.220. The molecule has 0 atom stereocenters. The van der Waals surface area contributed by atoms with Crippen molar-refractivity contribution in [1.82, 2.24) is 0 Å². The maximum Gasteiger partial charge on any atom is 0.123 e. The molecule has 28 heavy (non-hydrogen) atoms. The fourth-order valence-corrected chi connectivity index (χ4v) is 4.58. The third kappa shape index (κ3) is 3.01. The lowest BCUT2D eigenvalue weighted by Crippen LogP contribution is -2.29. The Morgan fingerprint density at radius 2 is 1.68 bits per heavy atom. The third-order valence-electron chi connectivity index (χ3n) is 5.97. The highest BCUT2D eigenvalue weighted by Crippen LogP contribution is 2.41. The molecule has 1 heterocycles. The minimum Gasteiger partial charge on any atom is -0.372 e. The van der Waals surface area contributed by atoms with E-state index in [1.54, 1.807) is 0 Å². The van der Waals surface area contributed by atoms with Crippen LogP contribution in [0.2, 0.25) is 0 Å². The second-order valence-corrected chi connectivity index (χ2v) is 7.82. The summed E-state index contributed by atoms with van der Waals surface area (Å²) >= 11 is 0. The molecule has 0 bridgehead atoms. The maximum absolute atomic E-state index is 13.5. The number of allylic oxidation sites excluding steroid dienone is 5. The molecule has 0 saturated carbocycles. The van der Waals surface area contributed by atoms with E-state index in [1.807, 2.05) is 30.4 Å². The summed E-state index contributed by atoms with van der Waals surface area (Å²) in [7, 11) is 0. The maximum atomic E-state index is 13.5. The van der Waals surface area contributed by atoms with E-state index in [2.05, 4.69) is 23.1 Å². The van der Waals surface area contributed by atoms with E-state index in [-0.39, 0.29) is 5.82 Å². The van der Waals surface area contributed by atoms with Crippen LogP contribution in [0.25, 0.3) is 5.57 Å². The van der Waals surface area contributed by atoms with E-state index in [9.17, 15) is 4.39 Å². The van der Waals surface area contributed by atoms with Gasteiger partial charge in [-0.25, -0.2) is 4.39 Å². The first-order chi connectivity index (χ1) is 13.7. The lowest BCUT2D eigenvalue weighted by Gasteiger charge is -2.31. The summed E-state index contributed by atoms with van der Waals surface area (Å²) in [4.78, 5) is 2.48. The Bertz CT molecular complexity index is 1030. The van der Waals surface area contributed by atoms with Gasteiger partial charge < -0.3 is 10.3 Å². The molecule has 2 nitrogen and oxygen atoms in total. The summed E-state index contributed by atoms with van der Waals surface area (Å²) in [5.74, 6) is -0.220. The van der Waals surface area contributed by atoms with Gasteiger partial charge in [0.25, 0.3) is 0 Å². The van der Waals surface area contributed by atoms with Crippen molar-refractivity contribution in [3.8, 4) is 0 Å². The van der Waals surface area contributed by atoms with Gasteiger partial charge in [0, 0.05) is 18.8 Å². The van der Waals surface area contributed by atoms with Crippen molar-refractivity contribution in [2.45, 2.75) is 25.7 Å². The number of rotatable bonds is 2. The molecule has 2 aromatic carbocycles. The normalized spacial score (nSPS) is 18.7. The lowest BCUT2D eigenvalue weighted by molar-refractivity contribution is 0.577. The van der Waals surface area contributed by atoms with Gasteiger partial charge in [0.05, 0.1) is 5.71 Å². The zero-order valence-corrected chi connectivity index (χ0v) is 15.8. The van der Waals surface area contributed by atoms with Crippen LogP contribution in [0.1, 0.15) is 36.0 Å². The first kappa shape index (κ1) is 17.2. The van der Waals surface area contributed by atoms with Crippen molar-refractivity contribution >= 4 is 17.0 Å². The van der Waals surface area contributed by atoms with Crippen molar-refractivity contribution in [1.29, 1.82) is 5.41 Å². The van der Waals surface area contributed by atoms with Crippen LogP contribution in [0, 0.1) is 11.2 Å². The zero-order chi connectivity index (χ0) is 19.1. The Hall–Kier alpha value is -2.94. The fraction of sp³-hybridized carbons (Fsp3) is 0.240. The Kier molecular flexibility index (Phi) is 4.23. The highest BCUT2D eigenvalue weighted by molar-refractivity contribution is 6.07. The predicted octanol–water partition coefficient (Wildman–Crippen LogP) is 5.69. The first-order valence-corrected chi connectivity index (χ1v) is 10.0. The van der Waals surface area contributed by atoms with Gasteiger partial charge in [-0.1, -0.05) is 24.3 Å². The number of benzene rings is 2. The number of fused-ring (bicyclic) bond motifs is 2. The van der Waals surface area contributed by atoms with E-state index >= 15 is 0 Å². The molecule has 0 amide bonds. The molecule has 1 N–H and O–H groups in total. The summed E-state index contributed by atoms with van der Waals surface area (Å²) in [6.07, 6.45) is 10.5. The van der Waals surface area contributed by atoms with E-state index in [0.29, 0.717) is 5.71 Å². The van der Waals surface area contributed by atoms with E-state index < -0.39 is 0 Å². The smallest absolute Gasteiger partial charge is 0.123 e. The molecule has 1 aliphatic heterocycles. The molecular weight excluding hydrogens is 347 g/mol. The number of hydrogen-bond acceptors (Lipinski definition) is 2. The Morgan fingerprint density at radius 1 is 0.893 bits per heavy atom. The minimum atomic E-state index is -0.220. The molecule has 1 saturated heterocycles. The van der Waals surface area contributed by atoms with Gasteiger partial charge in [-0.05, 0) is 95.5 Å². The number of anilines is 1. The van der Waals surface area contributed by atoms with Crippen molar-refractivity contribution in [3.63, 3.8) is 0 Å². The van der Waals surface area contributed by atoms with Crippen LogP contribution >= 0.6 is 0 Å². The molecule has 0 radical (unpaired) electrons. The van der Waals surface area contributed by atoms with Crippen LogP contribution in [0.3, 0.4) is 0 Å². The van der Waals surface area contributed by atoms with Crippen molar-refractivity contribution in [3.05, 3.63) is 94.3 Å². The number of nitrogens with zero attached hydrogens (tertiary/aromatic N) is 1. The molecular formula is C25H23FN2. The summed E-state index contributed by atoms with van der Waals surface area (Å²) in [6.45, 7) is 2.25. The monoisotopic (exact) mass is 370 g/mol. The number of piperidine rings is 1. The van der Waals surface area contributed by atoms with Gasteiger partial charge >= 0.3 is 0 Å². The van der Waals surface area contributed by atoms with Gasteiger partial charge in [0.2, 0.25) is 0 Å². The molecule has 0 aromatic heterocycles. The fourth-order valence-electron chi connectivity index (χ4n) is 4.58. The Morgan fingerprint density at radius 3 is 2.46 bits per heavy atom. The van der Waals surface area contributed by atoms with Gasteiger partial charge in [0.1, 0.15) is 5.82 Å². The summed E-state index contributed by atoms with van der Waals surface area (Å²) in [6, 6.07) is 13.6. The highest BCUT2D eigenvalue weighted by Gasteiger charge is 2.25. The van der Waals surface area contributed by atoms with Crippen molar-refractivity contribution < 1.29 is 4.39 Å². The number of halogens is 1. The van der Waals surface area contributed by atoms with E-state index in [1.165, 1.54) is 53.8 Å². The Labute approximate surface area is 165 Å². The first-order valence-electron chi connectivity index (χ1n) is 10.0. The summed E-state index contributed by atoms with van der Waals surface area (Å²) < 4.78 is 13.5.